The van der Waals surface area contributed by atoms with Crippen molar-refractivity contribution in [3.63, 3.8) is 0 Å². The van der Waals surface area contributed by atoms with Crippen molar-refractivity contribution in [1.29, 1.82) is 0 Å². The van der Waals surface area contributed by atoms with Crippen molar-refractivity contribution in [3.8, 4) is 0 Å². The third-order valence-electron chi connectivity index (χ3n) is 2.23. The van der Waals surface area contributed by atoms with Gasteiger partial charge in [0.2, 0.25) is 0 Å². The first kappa shape index (κ1) is 14.2. The maximum atomic E-state index is 11.7. The highest BCUT2D eigenvalue weighted by molar-refractivity contribution is 5.92. The quantitative estimate of drug-likeness (QED) is 0.745. The van der Waals surface area contributed by atoms with Crippen LogP contribution in [0.3, 0.4) is 0 Å². The van der Waals surface area contributed by atoms with E-state index in [2.05, 4.69) is 4.98 Å². The van der Waals surface area contributed by atoms with Crippen molar-refractivity contribution in [2.75, 3.05) is 13.2 Å². The Labute approximate surface area is 106 Å². The molecule has 0 bridgehead atoms. The highest BCUT2D eigenvalue weighted by atomic mass is 16.5. The molecule has 0 unspecified atom stereocenters. The van der Waals surface area contributed by atoms with Crippen LogP contribution in [0.4, 0.5) is 0 Å². The Morgan fingerprint density at radius 3 is 2.44 bits per heavy atom. The predicted octanol–water partition coefficient (Wildman–Crippen LogP) is 1.67. The number of aromatic nitrogens is 1. The third-order valence-corrected chi connectivity index (χ3v) is 2.23. The molecule has 5 heteroatoms. The molecule has 18 heavy (non-hydrogen) atoms. The molecule has 1 heterocycles. The number of hydrogen-bond donors (Lipinski definition) is 0. The summed E-state index contributed by atoms with van der Waals surface area (Å²) < 4.78 is 9.77. The standard InChI is InChI=1S/C13H17NO4/c1-4-17-12(15)8-11-10(13(16)18-5-2)7-6-9(3)14-11/h6-7H,4-5,8H2,1-3H3. The Kier molecular flexibility index (Phi) is 5.30. The lowest BCUT2D eigenvalue weighted by molar-refractivity contribution is -0.142. The fourth-order valence-corrected chi connectivity index (χ4v) is 1.49. The third kappa shape index (κ3) is 3.84. The van der Waals surface area contributed by atoms with Gasteiger partial charge in [-0.1, -0.05) is 0 Å². The van der Waals surface area contributed by atoms with Gasteiger partial charge in [-0.15, -0.1) is 0 Å². The second kappa shape index (κ2) is 6.74. The Hall–Kier alpha value is -1.91. The molecular formula is C13H17NO4. The number of carbonyl (C=O) groups is 2. The van der Waals surface area contributed by atoms with E-state index in [0.717, 1.165) is 5.69 Å². The first-order valence-electron chi connectivity index (χ1n) is 5.87. The minimum absolute atomic E-state index is 0.0241. The maximum Gasteiger partial charge on any atom is 0.339 e. The molecule has 0 saturated heterocycles. The summed E-state index contributed by atoms with van der Waals surface area (Å²) in [5.74, 6) is -0.870. The number of pyridine rings is 1. The lowest BCUT2D eigenvalue weighted by Gasteiger charge is -2.08. The Morgan fingerprint density at radius 2 is 1.83 bits per heavy atom. The van der Waals surface area contributed by atoms with E-state index in [4.69, 9.17) is 9.47 Å². The Morgan fingerprint density at radius 1 is 1.17 bits per heavy atom. The second-order valence-electron chi connectivity index (χ2n) is 3.65. The first-order chi connectivity index (χ1) is 8.58. The van der Waals surface area contributed by atoms with Crippen LogP contribution in [0.5, 0.6) is 0 Å². The molecule has 1 aromatic heterocycles. The molecule has 0 aliphatic carbocycles. The van der Waals surface area contributed by atoms with Gasteiger partial charge in [0.25, 0.3) is 0 Å². The molecule has 0 aromatic carbocycles. The molecule has 0 fully saturated rings. The molecule has 0 aliphatic rings. The summed E-state index contributed by atoms with van der Waals surface area (Å²) in [4.78, 5) is 27.3. The van der Waals surface area contributed by atoms with E-state index < -0.39 is 11.9 Å². The zero-order chi connectivity index (χ0) is 13.5. The monoisotopic (exact) mass is 251 g/mol. The first-order valence-corrected chi connectivity index (χ1v) is 5.87. The molecule has 5 nitrogen and oxygen atoms in total. The molecule has 0 spiro atoms. The Bertz CT molecular complexity index is 443. The smallest absolute Gasteiger partial charge is 0.339 e. The number of rotatable bonds is 5. The summed E-state index contributed by atoms with van der Waals surface area (Å²) in [7, 11) is 0. The van der Waals surface area contributed by atoms with Crippen molar-refractivity contribution in [3.05, 3.63) is 29.1 Å². The van der Waals surface area contributed by atoms with Crippen molar-refractivity contribution >= 4 is 11.9 Å². The van der Waals surface area contributed by atoms with E-state index in [1.165, 1.54) is 0 Å². The van der Waals surface area contributed by atoms with Crippen LogP contribution in [-0.2, 0) is 20.7 Å². The van der Waals surface area contributed by atoms with Crippen LogP contribution in [0, 0.1) is 6.92 Å². The van der Waals surface area contributed by atoms with Crippen LogP contribution in [0.25, 0.3) is 0 Å². The molecule has 0 radical (unpaired) electrons. The zero-order valence-electron chi connectivity index (χ0n) is 10.9. The highest BCUT2D eigenvalue weighted by Crippen LogP contribution is 2.11. The minimum atomic E-state index is -0.468. The van der Waals surface area contributed by atoms with E-state index in [0.29, 0.717) is 17.9 Å². The van der Waals surface area contributed by atoms with E-state index >= 15 is 0 Å². The van der Waals surface area contributed by atoms with Gasteiger partial charge in [0.15, 0.2) is 0 Å². The van der Waals surface area contributed by atoms with Crippen LogP contribution < -0.4 is 0 Å². The lowest BCUT2D eigenvalue weighted by Crippen LogP contribution is -2.15. The number of esters is 2. The van der Waals surface area contributed by atoms with Crippen molar-refractivity contribution < 1.29 is 19.1 Å². The van der Waals surface area contributed by atoms with E-state index in [-0.39, 0.29) is 13.0 Å². The van der Waals surface area contributed by atoms with Gasteiger partial charge in [-0.3, -0.25) is 9.78 Å². The number of hydrogen-bond acceptors (Lipinski definition) is 5. The van der Waals surface area contributed by atoms with Gasteiger partial charge in [0.1, 0.15) is 0 Å². The van der Waals surface area contributed by atoms with Crippen molar-refractivity contribution in [2.24, 2.45) is 0 Å². The molecule has 0 N–H and O–H groups in total. The summed E-state index contributed by atoms with van der Waals surface area (Å²) in [6.45, 7) is 5.84. The van der Waals surface area contributed by atoms with Gasteiger partial charge in [-0.25, -0.2) is 4.79 Å². The van der Waals surface area contributed by atoms with Gasteiger partial charge in [-0.2, -0.15) is 0 Å². The number of aryl methyl sites for hydroxylation is 1. The van der Waals surface area contributed by atoms with E-state index in [1.54, 1.807) is 32.9 Å². The Balaban J connectivity index is 2.96. The average molecular weight is 251 g/mol. The topological polar surface area (TPSA) is 65.5 Å². The van der Waals surface area contributed by atoms with Crippen LogP contribution >= 0.6 is 0 Å². The molecule has 1 aromatic rings. The van der Waals surface area contributed by atoms with Gasteiger partial charge < -0.3 is 9.47 Å². The minimum Gasteiger partial charge on any atom is -0.466 e. The summed E-state index contributed by atoms with van der Waals surface area (Å²) in [6, 6.07) is 3.33. The maximum absolute atomic E-state index is 11.7. The molecule has 0 atom stereocenters. The predicted molar refractivity (Wildman–Crippen MR) is 65.3 cm³/mol. The molecular weight excluding hydrogens is 234 g/mol. The number of nitrogens with zero attached hydrogens (tertiary/aromatic N) is 1. The summed E-state index contributed by atoms with van der Waals surface area (Å²) >= 11 is 0. The average Bonchev–Trinajstić information content (AvgIpc) is 2.29. The molecule has 1 rings (SSSR count). The van der Waals surface area contributed by atoms with Gasteiger partial charge >= 0.3 is 11.9 Å². The van der Waals surface area contributed by atoms with Crippen molar-refractivity contribution in [2.45, 2.75) is 27.2 Å². The molecule has 0 aliphatic heterocycles. The van der Waals surface area contributed by atoms with Gasteiger partial charge in [-0.05, 0) is 32.9 Å². The lowest BCUT2D eigenvalue weighted by atomic mass is 10.1. The molecule has 0 saturated carbocycles. The molecule has 98 valence electrons. The van der Waals surface area contributed by atoms with Crippen LogP contribution in [0.15, 0.2) is 12.1 Å². The summed E-state index contributed by atoms with van der Waals surface area (Å²) in [6.07, 6.45) is -0.0241. The highest BCUT2D eigenvalue weighted by Gasteiger charge is 2.17. The summed E-state index contributed by atoms with van der Waals surface area (Å²) in [5.41, 5.74) is 1.45. The normalized spacial score (nSPS) is 9.94. The fourth-order valence-electron chi connectivity index (χ4n) is 1.49. The fraction of sp³-hybridized carbons (Fsp3) is 0.462. The van der Waals surface area contributed by atoms with E-state index in [9.17, 15) is 9.59 Å². The van der Waals surface area contributed by atoms with Crippen LogP contribution in [0.2, 0.25) is 0 Å². The van der Waals surface area contributed by atoms with Crippen LogP contribution in [-0.4, -0.2) is 30.1 Å². The zero-order valence-corrected chi connectivity index (χ0v) is 10.9. The second-order valence-corrected chi connectivity index (χ2v) is 3.65. The van der Waals surface area contributed by atoms with Crippen molar-refractivity contribution in [1.82, 2.24) is 4.98 Å². The number of carbonyl (C=O) groups excluding carboxylic acids is 2. The molecule has 0 amide bonds. The van der Waals surface area contributed by atoms with Gasteiger partial charge in [0.05, 0.1) is 30.9 Å². The van der Waals surface area contributed by atoms with E-state index in [1.807, 2.05) is 0 Å². The summed E-state index contributed by atoms with van der Waals surface area (Å²) in [5, 5.41) is 0. The largest absolute Gasteiger partial charge is 0.466 e. The SMILES string of the molecule is CCOC(=O)Cc1nc(C)ccc1C(=O)OCC. The van der Waals surface area contributed by atoms with Crippen LogP contribution in [0.1, 0.15) is 35.6 Å². The number of ether oxygens (including phenoxy) is 2. The van der Waals surface area contributed by atoms with Gasteiger partial charge in [0, 0.05) is 5.69 Å².